The number of hydrogen-bond acceptors (Lipinski definition) is 12. The lowest BCUT2D eigenvalue weighted by Crippen LogP contribution is -2.51. The zero-order valence-electron chi connectivity index (χ0n) is 31.8. The number of carbonyl (C=O) groups is 7. The van der Waals surface area contributed by atoms with E-state index >= 15 is 0 Å². The van der Waals surface area contributed by atoms with E-state index in [1.165, 1.54) is 14.0 Å². The second kappa shape index (κ2) is 22.3. The van der Waals surface area contributed by atoms with Crippen LogP contribution >= 0.6 is 0 Å². The molecule has 0 bridgehead atoms. The number of hydrogen-bond donors (Lipinski definition) is 4. The summed E-state index contributed by atoms with van der Waals surface area (Å²) in [5, 5.41) is 9.96. The van der Waals surface area contributed by atoms with Crippen molar-refractivity contribution in [2.75, 3.05) is 20.8 Å². The highest BCUT2D eigenvalue weighted by Gasteiger charge is 2.30. The molecule has 1 aromatic carbocycles. The molecule has 1 aromatic rings. The number of carbonyl (C=O) groups excluding carboxylic acids is 7. The first-order chi connectivity index (χ1) is 24.2. The van der Waals surface area contributed by atoms with E-state index in [4.69, 9.17) is 23.7 Å². The van der Waals surface area contributed by atoms with Crippen molar-refractivity contribution < 1.29 is 57.2 Å². The second-order valence-corrected chi connectivity index (χ2v) is 19.9. The monoisotopic (exact) mass is 752 g/mol. The minimum absolute atomic E-state index is 0.0113. The highest BCUT2D eigenvalue weighted by molar-refractivity contribution is 6.76. The van der Waals surface area contributed by atoms with Crippen molar-refractivity contribution in [1.82, 2.24) is 21.3 Å². The van der Waals surface area contributed by atoms with Gasteiger partial charge in [0, 0.05) is 14.5 Å². The molecule has 0 aliphatic heterocycles. The fourth-order valence-electron chi connectivity index (χ4n) is 4.41. The third kappa shape index (κ3) is 19.6. The third-order valence-corrected chi connectivity index (χ3v) is 8.99. The Bertz CT molecular complexity index is 1350. The number of nitrogens with one attached hydrogen (secondary N) is 4. The molecule has 292 valence electrons. The molecule has 0 spiro atoms. The van der Waals surface area contributed by atoms with Crippen LogP contribution in [0.2, 0.25) is 25.7 Å². The minimum Gasteiger partial charge on any atom is -0.467 e. The molecule has 0 unspecified atom stereocenters. The van der Waals surface area contributed by atoms with Gasteiger partial charge in [-0.25, -0.2) is 24.0 Å². The molecular formula is C35H56N4O12Si. The molecule has 0 fully saturated rings. The highest BCUT2D eigenvalue weighted by atomic mass is 28.3. The van der Waals surface area contributed by atoms with E-state index < -0.39 is 79.8 Å². The molecule has 0 aliphatic carbocycles. The average molecular weight is 753 g/mol. The van der Waals surface area contributed by atoms with E-state index in [1.54, 1.807) is 45.0 Å². The molecule has 0 aromatic heterocycles. The summed E-state index contributed by atoms with van der Waals surface area (Å²) in [6, 6.07) is 5.09. The largest absolute Gasteiger partial charge is 0.467 e. The Morgan fingerprint density at radius 2 is 1.27 bits per heavy atom. The number of ether oxygens (including phenoxy) is 5. The SMILES string of the molecule is COC(=O)[C@@H](CCC[C@H](NC(=O)CC[C@@H](NC(=O)[C@H](C)NC(=O)OCc1ccccc1)C(=O)OC)C(=O)OCC[Si](C)(C)C)NC(=O)OC(C)(C)C. The van der Waals surface area contributed by atoms with E-state index in [-0.39, 0.29) is 45.3 Å². The van der Waals surface area contributed by atoms with Gasteiger partial charge in [0.1, 0.15) is 36.4 Å². The molecule has 16 nitrogen and oxygen atoms in total. The molecule has 4 N–H and O–H groups in total. The second-order valence-electron chi connectivity index (χ2n) is 14.3. The Morgan fingerprint density at radius 3 is 1.81 bits per heavy atom. The van der Waals surface area contributed by atoms with Crippen molar-refractivity contribution in [3.05, 3.63) is 35.9 Å². The maximum atomic E-state index is 13.1. The van der Waals surface area contributed by atoms with Gasteiger partial charge in [-0.05, 0) is 65.0 Å². The van der Waals surface area contributed by atoms with Crippen molar-refractivity contribution in [3.8, 4) is 0 Å². The normalized spacial score (nSPS) is 13.6. The van der Waals surface area contributed by atoms with Crippen LogP contribution < -0.4 is 21.3 Å². The van der Waals surface area contributed by atoms with E-state index in [2.05, 4.69) is 40.9 Å². The van der Waals surface area contributed by atoms with Crippen LogP contribution in [0.3, 0.4) is 0 Å². The number of esters is 3. The standard InChI is InChI=1S/C35H56N4O12Si/c1-23(36-33(45)50-22-24-14-11-10-12-15-24)29(41)38-27(31(43)48-6)18-19-28(40)37-26(32(44)49-20-21-52(7,8)9)17-13-16-25(30(42)47-5)39-34(46)51-35(2,3)4/h10-12,14-15,23,25-27H,13,16-22H2,1-9H3,(H,36,45)(H,37,40)(H,38,41)(H,39,46)/t23-,25+,26-,27+/m0/s1. The van der Waals surface area contributed by atoms with Crippen molar-refractivity contribution in [3.63, 3.8) is 0 Å². The van der Waals surface area contributed by atoms with Crippen molar-refractivity contribution >= 4 is 50.0 Å². The summed E-state index contributed by atoms with van der Waals surface area (Å²) in [6.07, 6.45) is -1.88. The summed E-state index contributed by atoms with van der Waals surface area (Å²) in [6.45, 7) is 12.9. The molecule has 4 atom stereocenters. The molecular weight excluding hydrogens is 696 g/mol. The molecule has 0 aliphatic rings. The van der Waals surface area contributed by atoms with Gasteiger partial charge in [-0.15, -0.1) is 0 Å². The smallest absolute Gasteiger partial charge is 0.408 e. The minimum atomic E-state index is -1.55. The van der Waals surface area contributed by atoms with Crippen LogP contribution in [0.1, 0.15) is 65.4 Å². The van der Waals surface area contributed by atoms with E-state index in [9.17, 15) is 33.6 Å². The van der Waals surface area contributed by atoms with E-state index in [0.29, 0.717) is 6.04 Å². The van der Waals surface area contributed by atoms with Crippen molar-refractivity contribution in [1.29, 1.82) is 0 Å². The molecule has 0 saturated carbocycles. The Labute approximate surface area is 306 Å². The quantitative estimate of drug-likeness (QED) is 0.0858. The number of methoxy groups -OCH3 is 2. The van der Waals surface area contributed by atoms with Gasteiger partial charge in [0.2, 0.25) is 11.8 Å². The van der Waals surface area contributed by atoms with Crippen LogP contribution in [0.15, 0.2) is 30.3 Å². The van der Waals surface area contributed by atoms with Crippen LogP contribution in [0.4, 0.5) is 9.59 Å². The predicted octanol–water partition coefficient (Wildman–Crippen LogP) is 3.34. The van der Waals surface area contributed by atoms with Gasteiger partial charge >= 0.3 is 30.1 Å². The molecule has 0 saturated heterocycles. The van der Waals surface area contributed by atoms with Crippen LogP contribution in [0.25, 0.3) is 0 Å². The van der Waals surface area contributed by atoms with Crippen molar-refractivity contribution in [2.24, 2.45) is 0 Å². The average Bonchev–Trinajstić information content (AvgIpc) is 3.06. The van der Waals surface area contributed by atoms with Gasteiger partial charge in [0.25, 0.3) is 0 Å². The summed E-state index contributed by atoms with van der Waals surface area (Å²) in [5.41, 5.74) is -0.0530. The Hall–Kier alpha value is -4.67. The Morgan fingerprint density at radius 1 is 0.712 bits per heavy atom. The van der Waals surface area contributed by atoms with Gasteiger partial charge in [-0.3, -0.25) is 9.59 Å². The van der Waals surface area contributed by atoms with Gasteiger partial charge in [0.15, 0.2) is 0 Å². The lowest BCUT2D eigenvalue weighted by atomic mass is 10.0. The summed E-state index contributed by atoms with van der Waals surface area (Å²) < 4.78 is 25.5. The van der Waals surface area contributed by atoms with Crippen LogP contribution in [-0.2, 0) is 54.3 Å². The molecule has 4 amide bonds. The summed E-state index contributed by atoms with van der Waals surface area (Å²) in [4.78, 5) is 88.4. The first kappa shape index (κ1) is 45.3. The lowest BCUT2D eigenvalue weighted by molar-refractivity contribution is -0.148. The fourth-order valence-corrected chi connectivity index (χ4v) is 5.13. The summed E-state index contributed by atoms with van der Waals surface area (Å²) in [7, 11) is 0.748. The fraction of sp³-hybridized carbons (Fsp3) is 0.629. The van der Waals surface area contributed by atoms with E-state index in [0.717, 1.165) is 12.7 Å². The van der Waals surface area contributed by atoms with Crippen LogP contribution in [-0.4, -0.2) is 101 Å². The Balaban J connectivity index is 2.88. The zero-order valence-corrected chi connectivity index (χ0v) is 32.8. The lowest BCUT2D eigenvalue weighted by Gasteiger charge is -2.23. The number of amides is 4. The summed E-state index contributed by atoms with van der Waals surface area (Å²) in [5.74, 6) is -3.57. The third-order valence-electron chi connectivity index (χ3n) is 7.28. The van der Waals surface area contributed by atoms with Crippen molar-refractivity contribution in [2.45, 2.75) is 122 Å². The Kier molecular flexibility index (Phi) is 19.4. The zero-order chi connectivity index (χ0) is 39.5. The number of alkyl carbamates (subject to hydrolysis) is 2. The van der Waals surface area contributed by atoms with Gasteiger partial charge in [-0.1, -0.05) is 50.0 Å². The van der Waals surface area contributed by atoms with Gasteiger partial charge in [-0.2, -0.15) is 0 Å². The topological polar surface area (TPSA) is 214 Å². The van der Waals surface area contributed by atoms with Gasteiger partial charge < -0.3 is 45.0 Å². The van der Waals surface area contributed by atoms with Gasteiger partial charge in [0.05, 0.1) is 20.8 Å². The maximum Gasteiger partial charge on any atom is 0.408 e. The first-order valence-corrected chi connectivity index (χ1v) is 20.8. The number of rotatable bonds is 20. The van der Waals surface area contributed by atoms with Crippen LogP contribution in [0, 0.1) is 0 Å². The molecule has 17 heteroatoms. The van der Waals surface area contributed by atoms with Crippen LogP contribution in [0.5, 0.6) is 0 Å². The predicted molar refractivity (Wildman–Crippen MR) is 192 cm³/mol. The molecule has 1 rings (SSSR count). The number of benzene rings is 1. The molecule has 0 heterocycles. The summed E-state index contributed by atoms with van der Waals surface area (Å²) >= 11 is 0. The van der Waals surface area contributed by atoms with E-state index in [1.807, 2.05) is 6.07 Å². The molecule has 52 heavy (non-hydrogen) atoms. The maximum absolute atomic E-state index is 13.1. The highest BCUT2D eigenvalue weighted by Crippen LogP contribution is 2.13. The first-order valence-electron chi connectivity index (χ1n) is 17.1. The molecule has 0 radical (unpaired) electrons.